The number of rotatable bonds is 11. The second-order valence-corrected chi connectivity index (χ2v) is 19.7. The van der Waals surface area contributed by atoms with Gasteiger partial charge in [-0.1, -0.05) is 117 Å². The SMILES string of the molecule is CCC(C)(CC)C(=O)/C=C(\O)C(C)(CC)CC.Cc1sc2cc(-c3sc4ccnc(-c5[c-]c6ccccc6c(C(C)(C)C)c5)c4c3C)ccc2c1CC(C)C.[Ir]. The number of thiophene rings is 2. The minimum absolute atomic E-state index is 0. The van der Waals surface area contributed by atoms with Gasteiger partial charge in [0.25, 0.3) is 0 Å². The number of fused-ring (bicyclic) bond motifs is 3. The Morgan fingerprint density at radius 3 is 2.09 bits per heavy atom. The Morgan fingerprint density at radius 2 is 1.48 bits per heavy atom. The molecule has 3 nitrogen and oxygen atoms in total. The number of carbonyl (C=O) groups is 1. The molecule has 3 heterocycles. The van der Waals surface area contributed by atoms with E-state index >= 15 is 0 Å². The minimum Gasteiger partial charge on any atom is -0.512 e. The smallest absolute Gasteiger partial charge is 0.164 e. The van der Waals surface area contributed by atoms with Gasteiger partial charge in [0, 0.05) is 68.1 Å². The fourth-order valence-electron chi connectivity index (χ4n) is 7.41. The summed E-state index contributed by atoms with van der Waals surface area (Å²) in [6.45, 7) is 28.1. The molecule has 1 N–H and O–H groups in total. The maximum Gasteiger partial charge on any atom is 0.164 e. The van der Waals surface area contributed by atoms with Gasteiger partial charge in [-0.05, 0) is 96.9 Å². The molecule has 0 bridgehead atoms. The van der Waals surface area contributed by atoms with Gasteiger partial charge in [0.05, 0.1) is 0 Å². The number of carbonyl (C=O) groups excluding carboxylic acids is 1. The number of aryl methyl sites for hydroxylation is 2. The second kappa shape index (κ2) is 18.2. The van der Waals surface area contributed by atoms with Crippen molar-refractivity contribution in [1.82, 2.24) is 4.98 Å². The third-order valence-corrected chi connectivity index (χ3v) is 14.6. The van der Waals surface area contributed by atoms with Gasteiger partial charge in [-0.3, -0.25) is 9.78 Å². The van der Waals surface area contributed by atoms with E-state index in [1.54, 1.807) is 0 Å². The average molecular weight is 965 g/mol. The summed E-state index contributed by atoms with van der Waals surface area (Å²) < 4.78 is 2.67. The van der Waals surface area contributed by atoms with Crippen LogP contribution < -0.4 is 0 Å². The van der Waals surface area contributed by atoms with Gasteiger partial charge in [-0.15, -0.1) is 51.8 Å². The van der Waals surface area contributed by atoms with E-state index in [4.69, 9.17) is 4.98 Å². The topological polar surface area (TPSA) is 50.2 Å². The van der Waals surface area contributed by atoms with Crippen LogP contribution in [-0.4, -0.2) is 15.9 Å². The number of aliphatic hydroxyl groups excluding tert-OH is 1. The van der Waals surface area contributed by atoms with Crippen LogP contribution in [0.1, 0.15) is 123 Å². The zero-order valence-corrected chi connectivity index (χ0v) is 39.9. The normalized spacial score (nSPS) is 12.6. The molecular formula is C50H62IrNO2S2-. The van der Waals surface area contributed by atoms with Crippen molar-refractivity contribution in [3.63, 3.8) is 0 Å². The van der Waals surface area contributed by atoms with Crippen LogP contribution in [0.5, 0.6) is 0 Å². The van der Waals surface area contributed by atoms with Crippen LogP contribution in [-0.2, 0) is 36.7 Å². The third kappa shape index (κ3) is 9.25. The molecule has 0 aliphatic heterocycles. The summed E-state index contributed by atoms with van der Waals surface area (Å²) in [5, 5.41) is 15.2. The fraction of sp³-hybridized carbons (Fsp3) is 0.440. The Kier molecular flexibility index (Phi) is 14.8. The summed E-state index contributed by atoms with van der Waals surface area (Å²) in [5.41, 5.74) is 7.00. The number of hydrogen-bond acceptors (Lipinski definition) is 5. The summed E-state index contributed by atoms with van der Waals surface area (Å²) in [6, 6.07) is 23.9. The molecule has 6 aromatic rings. The second-order valence-electron chi connectivity index (χ2n) is 17.4. The van der Waals surface area contributed by atoms with E-state index in [-0.39, 0.29) is 47.9 Å². The van der Waals surface area contributed by atoms with Crippen molar-refractivity contribution in [2.75, 3.05) is 0 Å². The first-order valence-corrected chi connectivity index (χ1v) is 21.9. The van der Waals surface area contributed by atoms with Crippen LogP contribution in [0.3, 0.4) is 0 Å². The number of pyridine rings is 1. The Bertz CT molecular complexity index is 2340. The molecule has 56 heavy (non-hydrogen) atoms. The first-order valence-electron chi connectivity index (χ1n) is 20.2. The van der Waals surface area contributed by atoms with E-state index < -0.39 is 0 Å². The Morgan fingerprint density at radius 1 is 0.839 bits per heavy atom. The first kappa shape index (κ1) is 45.6. The van der Waals surface area contributed by atoms with Crippen LogP contribution in [0.2, 0.25) is 0 Å². The molecule has 0 saturated heterocycles. The zero-order valence-electron chi connectivity index (χ0n) is 35.9. The first-order chi connectivity index (χ1) is 25.9. The minimum atomic E-state index is -0.337. The number of aliphatic hydroxyl groups is 1. The van der Waals surface area contributed by atoms with Crippen LogP contribution in [0.15, 0.2) is 72.6 Å². The predicted molar refractivity (Wildman–Crippen MR) is 242 cm³/mol. The molecule has 0 unspecified atom stereocenters. The molecule has 0 saturated carbocycles. The van der Waals surface area contributed by atoms with Crippen molar-refractivity contribution >= 4 is 59.4 Å². The molecule has 0 spiro atoms. The van der Waals surface area contributed by atoms with E-state index in [0.717, 1.165) is 48.7 Å². The molecule has 6 rings (SSSR count). The monoisotopic (exact) mass is 965 g/mol. The third-order valence-electron chi connectivity index (χ3n) is 12.2. The van der Waals surface area contributed by atoms with Gasteiger partial charge in [0.1, 0.15) is 5.76 Å². The van der Waals surface area contributed by atoms with Crippen molar-refractivity contribution in [2.24, 2.45) is 16.7 Å². The van der Waals surface area contributed by atoms with E-state index in [1.165, 1.54) is 63.6 Å². The summed E-state index contributed by atoms with van der Waals surface area (Å²) in [6.07, 6.45) is 7.85. The van der Waals surface area contributed by atoms with Crippen molar-refractivity contribution in [3.8, 4) is 21.7 Å². The molecule has 3 aromatic heterocycles. The molecule has 3 aromatic carbocycles. The fourth-order valence-corrected chi connectivity index (χ4v) is 9.74. The van der Waals surface area contributed by atoms with Crippen LogP contribution in [0, 0.1) is 36.7 Å². The predicted octanol–water partition coefficient (Wildman–Crippen LogP) is 15.6. The summed E-state index contributed by atoms with van der Waals surface area (Å²) in [7, 11) is 0. The molecule has 0 aliphatic carbocycles. The Labute approximate surface area is 358 Å². The van der Waals surface area contributed by atoms with Crippen LogP contribution in [0.4, 0.5) is 0 Å². The van der Waals surface area contributed by atoms with E-state index in [0.29, 0.717) is 5.92 Å². The van der Waals surface area contributed by atoms with Gasteiger partial charge in [-0.25, -0.2) is 0 Å². The number of hydrogen-bond donors (Lipinski definition) is 1. The number of allylic oxidation sites excluding steroid dienone is 2. The van der Waals surface area contributed by atoms with Gasteiger partial charge >= 0.3 is 0 Å². The Balaban J connectivity index is 0.000000330. The van der Waals surface area contributed by atoms with Crippen molar-refractivity contribution in [1.29, 1.82) is 0 Å². The van der Waals surface area contributed by atoms with Gasteiger partial charge < -0.3 is 5.11 Å². The molecule has 0 amide bonds. The van der Waals surface area contributed by atoms with E-state index in [1.807, 2.05) is 70.4 Å². The molecule has 0 aliphatic rings. The number of nitrogens with zero attached hydrogens (tertiary/aromatic N) is 1. The molecule has 301 valence electrons. The summed E-state index contributed by atoms with van der Waals surface area (Å²) in [4.78, 5) is 19.9. The van der Waals surface area contributed by atoms with Crippen LogP contribution >= 0.6 is 22.7 Å². The number of ketones is 1. The number of benzene rings is 3. The number of aromatic nitrogens is 1. The largest absolute Gasteiger partial charge is 0.512 e. The summed E-state index contributed by atoms with van der Waals surface area (Å²) in [5.74, 6) is 0.946. The quantitative estimate of drug-likeness (QED) is 0.0800. The maximum atomic E-state index is 12.2. The van der Waals surface area contributed by atoms with Gasteiger partial charge in [0.2, 0.25) is 0 Å². The molecule has 0 fully saturated rings. The van der Waals surface area contributed by atoms with Crippen molar-refractivity contribution < 1.29 is 30.0 Å². The summed E-state index contributed by atoms with van der Waals surface area (Å²) >= 11 is 3.81. The average Bonchev–Trinajstić information content (AvgIpc) is 3.67. The molecule has 0 atom stereocenters. The van der Waals surface area contributed by atoms with E-state index in [9.17, 15) is 9.90 Å². The molecule has 6 heteroatoms. The molecule has 1 radical (unpaired) electrons. The Hall–Kier alpha value is -3.15. The van der Waals surface area contributed by atoms with E-state index in [2.05, 4.69) is 109 Å². The maximum absolute atomic E-state index is 12.2. The zero-order chi connectivity index (χ0) is 40.5. The van der Waals surface area contributed by atoms with Crippen LogP contribution in [0.25, 0.3) is 52.6 Å². The van der Waals surface area contributed by atoms with Gasteiger partial charge in [0.15, 0.2) is 5.78 Å². The van der Waals surface area contributed by atoms with Gasteiger partial charge in [-0.2, -0.15) is 0 Å². The van der Waals surface area contributed by atoms with Crippen molar-refractivity contribution in [3.05, 3.63) is 100 Å². The van der Waals surface area contributed by atoms with Crippen molar-refractivity contribution in [2.45, 2.75) is 128 Å². The molecular weight excluding hydrogens is 903 g/mol. The standard InChI is InChI=1S/C35H34NS2.C15H28O2.Ir/c1-20(2)16-28-22(4)37-31-19-24(12-13-27(28)31)34-21(3)32-30(38-34)14-15-36-33(32)25-17-23-10-8-9-11-26(23)29(18-25)35(5,6)7;1-7-14(5,8-2)12(16)11-13(17)15(6,9-3)10-4;/h8-15,18-20H,16H2,1-7H3;11,16H,7-10H2,1-6H3;/q-1;;/b;12-11-;.